The first kappa shape index (κ1) is 33.5. The second-order valence-electron chi connectivity index (χ2n) is 14.6. The van der Waals surface area contributed by atoms with Crippen LogP contribution in [0.4, 0.5) is 17.1 Å². The average Bonchev–Trinajstić information content (AvgIpc) is 3.68. The van der Waals surface area contributed by atoms with Crippen LogP contribution in [0, 0.1) is 0 Å². The first-order valence-corrected chi connectivity index (χ1v) is 19.6. The molecule has 2 aromatic heterocycles. The summed E-state index contributed by atoms with van der Waals surface area (Å²) < 4.78 is 6.65. The molecule has 0 saturated heterocycles. The highest BCUT2D eigenvalue weighted by atomic mass is 16.3. The SMILES string of the molecule is c1ccc(-c2cccc(-c3nc4ccccc4nc3-c3cc(-c4ccc5cc(N(c6ccccc6)c6ccccc6)ccc5c4)cc4oc5ccccc5c34)c2)cc1. The van der Waals surface area contributed by atoms with Crippen molar-refractivity contribution in [2.75, 3.05) is 4.90 Å². The lowest BCUT2D eigenvalue weighted by Gasteiger charge is -2.25. The van der Waals surface area contributed by atoms with Crippen LogP contribution in [-0.4, -0.2) is 9.97 Å². The average molecular weight is 742 g/mol. The lowest BCUT2D eigenvalue weighted by Crippen LogP contribution is -2.09. The minimum atomic E-state index is 0.810. The molecule has 2 heterocycles. The largest absolute Gasteiger partial charge is 0.456 e. The Morgan fingerprint density at radius 3 is 1.69 bits per heavy atom. The van der Waals surface area contributed by atoms with Crippen molar-refractivity contribution >= 4 is 60.8 Å². The molecular weight excluding hydrogens is 707 g/mol. The van der Waals surface area contributed by atoms with Gasteiger partial charge in [-0.1, -0.05) is 133 Å². The molecule has 0 amide bonds. The summed E-state index contributed by atoms with van der Waals surface area (Å²) in [6.07, 6.45) is 0. The van der Waals surface area contributed by atoms with Crippen LogP contribution in [0.1, 0.15) is 0 Å². The third kappa shape index (κ3) is 5.96. The lowest BCUT2D eigenvalue weighted by atomic mass is 9.93. The van der Waals surface area contributed by atoms with Gasteiger partial charge in [0, 0.05) is 39.0 Å². The number of anilines is 3. The van der Waals surface area contributed by atoms with Crippen LogP contribution in [0.3, 0.4) is 0 Å². The van der Waals surface area contributed by atoms with E-state index >= 15 is 0 Å². The highest BCUT2D eigenvalue weighted by Gasteiger charge is 2.21. The monoisotopic (exact) mass is 741 g/mol. The number of para-hydroxylation sites is 5. The Balaban J connectivity index is 1.09. The zero-order chi connectivity index (χ0) is 38.4. The van der Waals surface area contributed by atoms with Crippen LogP contribution in [0.2, 0.25) is 0 Å². The fourth-order valence-corrected chi connectivity index (χ4v) is 8.23. The van der Waals surface area contributed by atoms with Crippen LogP contribution >= 0.6 is 0 Å². The Labute approximate surface area is 335 Å². The van der Waals surface area contributed by atoms with Gasteiger partial charge in [0.25, 0.3) is 0 Å². The minimum absolute atomic E-state index is 0.810. The number of fused-ring (bicyclic) bond motifs is 5. The highest BCUT2D eigenvalue weighted by Crippen LogP contribution is 2.44. The molecule has 272 valence electrons. The normalized spacial score (nSPS) is 11.4. The molecule has 4 heteroatoms. The van der Waals surface area contributed by atoms with Crippen molar-refractivity contribution in [3.63, 3.8) is 0 Å². The summed E-state index contributed by atoms with van der Waals surface area (Å²) in [5.74, 6) is 0. The third-order valence-corrected chi connectivity index (χ3v) is 11.0. The summed E-state index contributed by atoms with van der Waals surface area (Å²) in [6.45, 7) is 0. The minimum Gasteiger partial charge on any atom is -0.456 e. The maximum Gasteiger partial charge on any atom is 0.136 e. The predicted octanol–water partition coefficient (Wildman–Crippen LogP) is 14.8. The molecular formula is C54H35N3O. The molecule has 0 radical (unpaired) electrons. The molecule has 11 rings (SSSR count). The second kappa shape index (κ2) is 14.0. The summed E-state index contributed by atoms with van der Waals surface area (Å²) in [6, 6.07) is 74.4. The zero-order valence-electron chi connectivity index (χ0n) is 31.5. The first-order valence-electron chi connectivity index (χ1n) is 19.6. The number of hydrogen-bond acceptors (Lipinski definition) is 4. The van der Waals surface area contributed by atoms with Crippen molar-refractivity contribution in [3.05, 3.63) is 212 Å². The van der Waals surface area contributed by atoms with Gasteiger partial charge < -0.3 is 9.32 Å². The van der Waals surface area contributed by atoms with Crippen LogP contribution < -0.4 is 4.90 Å². The quantitative estimate of drug-likeness (QED) is 0.163. The Morgan fingerprint density at radius 1 is 0.345 bits per heavy atom. The molecule has 0 aliphatic rings. The van der Waals surface area contributed by atoms with E-state index in [9.17, 15) is 0 Å². The molecule has 0 atom stereocenters. The fraction of sp³-hybridized carbons (Fsp3) is 0. The summed E-state index contributed by atoms with van der Waals surface area (Å²) >= 11 is 0. The number of furan rings is 1. The number of hydrogen-bond donors (Lipinski definition) is 0. The van der Waals surface area contributed by atoms with E-state index in [0.717, 1.165) is 106 Å². The van der Waals surface area contributed by atoms with Crippen LogP contribution in [0.25, 0.3) is 88.5 Å². The molecule has 0 bridgehead atoms. The molecule has 0 aliphatic heterocycles. The van der Waals surface area contributed by atoms with Gasteiger partial charge in [-0.25, -0.2) is 9.97 Å². The van der Waals surface area contributed by atoms with E-state index < -0.39 is 0 Å². The predicted molar refractivity (Wildman–Crippen MR) is 241 cm³/mol. The number of nitrogens with zero attached hydrogens (tertiary/aromatic N) is 3. The molecule has 11 aromatic rings. The van der Waals surface area contributed by atoms with Crippen molar-refractivity contribution in [1.29, 1.82) is 0 Å². The molecule has 4 nitrogen and oxygen atoms in total. The Hall–Kier alpha value is -7.82. The summed E-state index contributed by atoms with van der Waals surface area (Å²) in [7, 11) is 0. The Kier molecular flexibility index (Phi) is 8.11. The molecule has 0 spiro atoms. The van der Waals surface area contributed by atoms with Crippen LogP contribution in [0.15, 0.2) is 217 Å². The molecule has 0 aliphatic carbocycles. The molecule has 0 saturated carbocycles. The van der Waals surface area contributed by atoms with Gasteiger partial charge >= 0.3 is 0 Å². The van der Waals surface area contributed by atoms with Gasteiger partial charge in [0.05, 0.1) is 22.4 Å². The van der Waals surface area contributed by atoms with E-state index in [4.69, 9.17) is 14.4 Å². The van der Waals surface area contributed by atoms with Crippen molar-refractivity contribution in [2.45, 2.75) is 0 Å². The van der Waals surface area contributed by atoms with E-state index in [2.05, 4.69) is 175 Å². The number of aromatic nitrogens is 2. The summed E-state index contributed by atoms with van der Waals surface area (Å²) in [5.41, 5.74) is 14.7. The zero-order valence-corrected chi connectivity index (χ0v) is 31.5. The summed E-state index contributed by atoms with van der Waals surface area (Å²) in [5, 5.41) is 4.38. The molecule has 0 fully saturated rings. The Bertz CT molecular complexity index is 3240. The van der Waals surface area contributed by atoms with Crippen molar-refractivity contribution in [3.8, 4) is 44.8 Å². The van der Waals surface area contributed by atoms with Crippen LogP contribution in [-0.2, 0) is 0 Å². The number of benzene rings is 9. The summed E-state index contributed by atoms with van der Waals surface area (Å²) in [4.78, 5) is 13.1. The van der Waals surface area contributed by atoms with Gasteiger partial charge in [-0.3, -0.25) is 0 Å². The number of rotatable bonds is 7. The van der Waals surface area contributed by atoms with Crippen molar-refractivity contribution in [1.82, 2.24) is 9.97 Å². The molecule has 9 aromatic carbocycles. The Morgan fingerprint density at radius 2 is 0.931 bits per heavy atom. The van der Waals surface area contributed by atoms with Gasteiger partial charge in [-0.2, -0.15) is 0 Å². The standard InChI is InChI=1S/C54H35N3O/c1-4-15-36(16-5-1)37-17-14-18-41(32-37)53-54(56-49-25-12-11-24-48(49)55-53)47-34-42(35-51-52(47)46-23-10-13-26-50(46)58-51)39-27-28-40-33-45(30-29-38(40)31-39)57(43-19-6-2-7-20-43)44-21-8-3-9-22-44/h1-35H. The van der Waals surface area contributed by atoms with E-state index in [1.165, 1.54) is 0 Å². The van der Waals surface area contributed by atoms with Gasteiger partial charge in [0.15, 0.2) is 0 Å². The van der Waals surface area contributed by atoms with Gasteiger partial charge in [0.1, 0.15) is 11.2 Å². The van der Waals surface area contributed by atoms with E-state index in [-0.39, 0.29) is 0 Å². The fourth-order valence-electron chi connectivity index (χ4n) is 8.23. The smallest absolute Gasteiger partial charge is 0.136 e. The van der Waals surface area contributed by atoms with E-state index in [1.54, 1.807) is 0 Å². The third-order valence-electron chi connectivity index (χ3n) is 11.0. The first-order chi connectivity index (χ1) is 28.7. The van der Waals surface area contributed by atoms with Gasteiger partial charge in [0.2, 0.25) is 0 Å². The maximum atomic E-state index is 6.65. The molecule has 58 heavy (non-hydrogen) atoms. The second-order valence-corrected chi connectivity index (χ2v) is 14.6. The highest BCUT2D eigenvalue weighted by molar-refractivity contribution is 6.15. The van der Waals surface area contributed by atoms with Crippen LogP contribution in [0.5, 0.6) is 0 Å². The van der Waals surface area contributed by atoms with Gasteiger partial charge in [-0.05, 0) is 112 Å². The molecule has 0 unspecified atom stereocenters. The van der Waals surface area contributed by atoms with Gasteiger partial charge in [-0.15, -0.1) is 0 Å². The molecule has 0 N–H and O–H groups in total. The van der Waals surface area contributed by atoms with E-state index in [1.807, 2.05) is 42.5 Å². The maximum absolute atomic E-state index is 6.65. The van der Waals surface area contributed by atoms with Crippen molar-refractivity contribution < 1.29 is 4.42 Å². The van der Waals surface area contributed by atoms with E-state index in [0.29, 0.717) is 0 Å². The lowest BCUT2D eigenvalue weighted by molar-refractivity contribution is 0.669. The topological polar surface area (TPSA) is 42.2 Å². The van der Waals surface area contributed by atoms with Crippen molar-refractivity contribution in [2.24, 2.45) is 0 Å².